The van der Waals surface area contributed by atoms with Gasteiger partial charge in [0.15, 0.2) is 0 Å². The molecule has 4 heteroatoms. The summed E-state index contributed by atoms with van der Waals surface area (Å²) in [6, 6.07) is 6.40. The Morgan fingerprint density at radius 2 is 2.06 bits per heavy atom. The summed E-state index contributed by atoms with van der Waals surface area (Å²) in [6.07, 6.45) is 5.51. The van der Waals surface area contributed by atoms with Gasteiger partial charge in [-0.2, -0.15) is 0 Å². The minimum Gasteiger partial charge on any atom is -0.296 e. The number of halogens is 1. The lowest BCUT2D eigenvalue weighted by molar-refractivity contribution is 1.12. The molecule has 3 aromatic rings. The second-order valence-electron chi connectivity index (χ2n) is 4.38. The average molecular weight is 302 g/mol. The van der Waals surface area contributed by atoms with Gasteiger partial charge < -0.3 is 0 Å². The highest BCUT2D eigenvalue weighted by molar-refractivity contribution is 9.10. The molecular formula is C14H12BrN3. The lowest BCUT2D eigenvalue weighted by Gasteiger charge is -2.05. The van der Waals surface area contributed by atoms with Crippen molar-refractivity contribution in [2.75, 3.05) is 0 Å². The Balaban J connectivity index is 2.32. The molecule has 0 N–H and O–H groups in total. The van der Waals surface area contributed by atoms with Crippen LogP contribution in [0, 0.1) is 13.8 Å². The van der Waals surface area contributed by atoms with Gasteiger partial charge in [-0.15, -0.1) is 0 Å². The number of aromatic nitrogens is 3. The van der Waals surface area contributed by atoms with Crippen LogP contribution in [0.25, 0.3) is 16.9 Å². The molecule has 0 aliphatic rings. The molecule has 1 aromatic carbocycles. The fourth-order valence-corrected chi connectivity index (χ4v) is 2.62. The van der Waals surface area contributed by atoms with Gasteiger partial charge in [-0.3, -0.25) is 9.38 Å². The molecule has 0 saturated heterocycles. The van der Waals surface area contributed by atoms with Crippen LogP contribution in [-0.4, -0.2) is 14.4 Å². The summed E-state index contributed by atoms with van der Waals surface area (Å²) in [5, 5.41) is 0. The molecule has 2 heterocycles. The van der Waals surface area contributed by atoms with Crippen molar-refractivity contribution in [1.29, 1.82) is 0 Å². The number of fused-ring (bicyclic) bond motifs is 1. The van der Waals surface area contributed by atoms with E-state index in [-0.39, 0.29) is 0 Å². The van der Waals surface area contributed by atoms with Gasteiger partial charge in [-0.05, 0) is 35.3 Å². The first-order chi connectivity index (χ1) is 8.66. The minimum absolute atomic E-state index is 0.825. The van der Waals surface area contributed by atoms with Gasteiger partial charge in [-0.1, -0.05) is 23.8 Å². The summed E-state index contributed by atoms with van der Waals surface area (Å²) < 4.78 is 2.87. The van der Waals surface area contributed by atoms with E-state index in [2.05, 4.69) is 62.3 Å². The summed E-state index contributed by atoms with van der Waals surface area (Å²) in [4.78, 5) is 8.72. The number of rotatable bonds is 1. The third-order valence-corrected chi connectivity index (χ3v) is 3.61. The Labute approximate surface area is 114 Å². The van der Waals surface area contributed by atoms with E-state index in [1.54, 1.807) is 6.20 Å². The van der Waals surface area contributed by atoms with Crippen molar-refractivity contribution in [2.24, 2.45) is 0 Å². The number of nitrogens with zero attached hydrogens (tertiary/aromatic N) is 3. The van der Waals surface area contributed by atoms with Gasteiger partial charge >= 0.3 is 0 Å². The zero-order chi connectivity index (χ0) is 12.7. The Morgan fingerprint density at radius 1 is 1.22 bits per heavy atom. The van der Waals surface area contributed by atoms with E-state index in [1.807, 2.05) is 12.4 Å². The lowest BCUT2D eigenvalue weighted by atomic mass is 10.1. The van der Waals surface area contributed by atoms with Crippen LogP contribution < -0.4 is 0 Å². The predicted molar refractivity (Wildman–Crippen MR) is 75.6 cm³/mol. The number of aryl methyl sites for hydroxylation is 2. The molecule has 18 heavy (non-hydrogen) atoms. The van der Waals surface area contributed by atoms with Gasteiger partial charge in [0, 0.05) is 18.0 Å². The normalized spacial score (nSPS) is 11.1. The predicted octanol–water partition coefficient (Wildman–Crippen LogP) is 3.78. The molecule has 90 valence electrons. The first-order valence-corrected chi connectivity index (χ1v) is 6.51. The summed E-state index contributed by atoms with van der Waals surface area (Å²) in [5.74, 6) is 0.941. The van der Waals surface area contributed by atoms with E-state index in [0.29, 0.717) is 0 Å². The van der Waals surface area contributed by atoms with Crippen LogP contribution in [0.5, 0.6) is 0 Å². The first-order valence-electron chi connectivity index (χ1n) is 5.72. The largest absolute Gasteiger partial charge is 0.296 e. The van der Waals surface area contributed by atoms with E-state index in [0.717, 1.165) is 21.5 Å². The number of imidazole rings is 1. The maximum Gasteiger partial charge on any atom is 0.146 e. The summed E-state index contributed by atoms with van der Waals surface area (Å²) in [6.45, 7) is 4.21. The molecule has 3 rings (SSSR count). The molecule has 3 nitrogen and oxygen atoms in total. The number of hydrogen-bond acceptors (Lipinski definition) is 2. The zero-order valence-corrected chi connectivity index (χ0v) is 11.8. The van der Waals surface area contributed by atoms with Crippen LogP contribution >= 0.6 is 15.9 Å². The van der Waals surface area contributed by atoms with E-state index in [4.69, 9.17) is 0 Å². The number of benzene rings is 1. The fourth-order valence-electron chi connectivity index (χ4n) is 2.16. The summed E-state index contributed by atoms with van der Waals surface area (Å²) >= 11 is 3.48. The van der Waals surface area contributed by atoms with Gasteiger partial charge in [0.05, 0.1) is 11.7 Å². The molecule has 0 amide bonds. The second-order valence-corrected chi connectivity index (χ2v) is 5.13. The maximum atomic E-state index is 4.59. The van der Waals surface area contributed by atoms with Gasteiger partial charge in [0.25, 0.3) is 0 Å². The van der Waals surface area contributed by atoms with Gasteiger partial charge in [0.2, 0.25) is 0 Å². The molecular weight excluding hydrogens is 290 g/mol. The molecule has 0 aliphatic heterocycles. The van der Waals surface area contributed by atoms with Crippen molar-refractivity contribution in [3.63, 3.8) is 0 Å². The molecule has 0 atom stereocenters. The summed E-state index contributed by atoms with van der Waals surface area (Å²) in [7, 11) is 0. The highest BCUT2D eigenvalue weighted by atomic mass is 79.9. The molecule has 0 bridgehead atoms. The van der Waals surface area contributed by atoms with Gasteiger partial charge in [0.1, 0.15) is 10.4 Å². The van der Waals surface area contributed by atoms with Crippen LogP contribution in [0.4, 0.5) is 0 Å². The Morgan fingerprint density at radius 3 is 2.83 bits per heavy atom. The van der Waals surface area contributed by atoms with E-state index in [1.165, 1.54) is 11.1 Å². The van der Waals surface area contributed by atoms with Crippen LogP contribution in [0.3, 0.4) is 0 Å². The molecule has 0 fully saturated rings. The zero-order valence-electron chi connectivity index (χ0n) is 10.2. The van der Waals surface area contributed by atoms with Crippen molar-refractivity contribution >= 4 is 21.4 Å². The molecule has 2 aromatic heterocycles. The van der Waals surface area contributed by atoms with E-state index in [9.17, 15) is 0 Å². The highest BCUT2D eigenvalue weighted by Gasteiger charge is 2.12. The van der Waals surface area contributed by atoms with Crippen LogP contribution in [-0.2, 0) is 0 Å². The molecule has 0 saturated carbocycles. The molecule has 0 aliphatic carbocycles. The van der Waals surface area contributed by atoms with Crippen molar-refractivity contribution in [3.05, 3.63) is 52.5 Å². The standard InChI is InChI=1S/C14H12BrN3/c1-9-3-4-11(10(2)7-9)14-17-13(15)12-8-16-5-6-18(12)14/h3-8H,1-2H3. The third kappa shape index (κ3) is 1.73. The van der Waals surface area contributed by atoms with Crippen LogP contribution in [0.15, 0.2) is 41.4 Å². The van der Waals surface area contributed by atoms with Crippen molar-refractivity contribution < 1.29 is 0 Å². The van der Waals surface area contributed by atoms with Crippen molar-refractivity contribution in [3.8, 4) is 11.4 Å². The Kier molecular flexibility index (Phi) is 2.67. The smallest absolute Gasteiger partial charge is 0.146 e. The molecule has 0 radical (unpaired) electrons. The van der Waals surface area contributed by atoms with Crippen LogP contribution in [0.2, 0.25) is 0 Å². The summed E-state index contributed by atoms with van der Waals surface area (Å²) in [5.41, 5.74) is 4.61. The average Bonchev–Trinajstić information content (AvgIpc) is 2.68. The van der Waals surface area contributed by atoms with Crippen molar-refractivity contribution in [2.45, 2.75) is 13.8 Å². The fraction of sp³-hybridized carbons (Fsp3) is 0.143. The Hall–Kier alpha value is -1.68. The second kappa shape index (κ2) is 4.21. The molecule has 0 spiro atoms. The van der Waals surface area contributed by atoms with Crippen molar-refractivity contribution in [1.82, 2.24) is 14.4 Å². The maximum absolute atomic E-state index is 4.59. The Bertz CT molecular complexity index is 731. The first kappa shape index (κ1) is 11.4. The lowest BCUT2D eigenvalue weighted by Crippen LogP contribution is -1.92. The number of hydrogen-bond donors (Lipinski definition) is 0. The monoisotopic (exact) mass is 301 g/mol. The topological polar surface area (TPSA) is 30.2 Å². The quantitative estimate of drug-likeness (QED) is 0.685. The van der Waals surface area contributed by atoms with E-state index >= 15 is 0 Å². The minimum atomic E-state index is 0.825. The molecule has 0 unspecified atom stereocenters. The SMILES string of the molecule is Cc1ccc(-c2nc(Br)c3cnccn23)c(C)c1. The van der Waals surface area contributed by atoms with Crippen LogP contribution in [0.1, 0.15) is 11.1 Å². The van der Waals surface area contributed by atoms with Gasteiger partial charge in [-0.25, -0.2) is 4.98 Å². The third-order valence-electron chi connectivity index (χ3n) is 3.02. The highest BCUT2D eigenvalue weighted by Crippen LogP contribution is 2.27. The van der Waals surface area contributed by atoms with E-state index < -0.39 is 0 Å².